The van der Waals surface area contributed by atoms with Crippen molar-refractivity contribution in [2.45, 2.75) is 66.3 Å². The molecule has 0 radical (unpaired) electrons. The first kappa shape index (κ1) is 18.9. The Kier molecular flexibility index (Phi) is 6.41. The van der Waals surface area contributed by atoms with Crippen LogP contribution in [0.2, 0.25) is 0 Å². The molecule has 0 aromatic rings. The van der Waals surface area contributed by atoms with Gasteiger partial charge in [-0.3, -0.25) is 15.0 Å². The zero-order chi connectivity index (χ0) is 17.0. The minimum absolute atomic E-state index is 0.226. The van der Waals surface area contributed by atoms with Gasteiger partial charge < -0.3 is 5.32 Å². The number of likely N-dealkylation sites (tertiary alicyclic amines) is 1. The molecule has 0 spiro atoms. The Morgan fingerprint density at radius 2 is 1.68 bits per heavy atom. The summed E-state index contributed by atoms with van der Waals surface area (Å²) in [5.41, 5.74) is -0.0161. The zero-order valence-electron chi connectivity index (χ0n) is 15.1. The highest BCUT2D eigenvalue weighted by Crippen LogP contribution is 2.34. The van der Waals surface area contributed by atoms with Crippen LogP contribution in [0.5, 0.6) is 0 Å². The second kappa shape index (κ2) is 7.44. The molecule has 3 amide bonds. The molecular weight excluding hydrogens is 278 g/mol. The molecular formula is C17H33N3O2. The van der Waals surface area contributed by atoms with Gasteiger partial charge in [-0.15, -0.1) is 0 Å². The Morgan fingerprint density at radius 1 is 1.05 bits per heavy atom. The van der Waals surface area contributed by atoms with Crippen LogP contribution in [0.4, 0.5) is 4.79 Å². The van der Waals surface area contributed by atoms with Crippen LogP contribution >= 0.6 is 0 Å². The Hall–Kier alpha value is -1.10. The molecule has 0 saturated carbocycles. The second-order valence-electron chi connectivity index (χ2n) is 8.52. The molecule has 5 heteroatoms. The first-order chi connectivity index (χ1) is 9.97. The predicted molar refractivity (Wildman–Crippen MR) is 89.7 cm³/mol. The molecule has 2 N–H and O–H groups in total. The molecule has 0 bridgehead atoms. The van der Waals surface area contributed by atoms with E-state index in [1.807, 2.05) is 20.8 Å². The third kappa shape index (κ3) is 7.25. The molecule has 1 saturated heterocycles. The van der Waals surface area contributed by atoms with Crippen LogP contribution in [0.25, 0.3) is 0 Å². The summed E-state index contributed by atoms with van der Waals surface area (Å²) in [5, 5.41) is 5.15. The Bertz CT molecular complexity index is 394. The van der Waals surface area contributed by atoms with E-state index in [0.717, 1.165) is 25.9 Å². The fourth-order valence-corrected chi connectivity index (χ4v) is 2.92. The van der Waals surface area contributed by atoms with Crippen molar-refractivity contribution in [3.8, 4) is 0 Å². The highest BCUT2D eigenvalue weighted by molar-refractivity contribution is 5.95. The van der Waals surface area contributed by atoms with Crippen molar-refractivity contribution in [2.75, 3.05) is 19.6 Å². The van der Waals surface area contributed by atoms with E-state index in [2.05, 4.69) is 36.3 Å². The van der Waals surface area contributed by atoms with Gasteiger partial charge >= 0.3 is 6.03 Å². The van der Waals surface area contributed by atoms with Gasteiger partial charge in [-0.1, -0.05) is 20.8 Å². The van der Waals surface area contributed by atoms with E-state index >= 15 is 0 Å². The van der Waals surface area contributed by atoms with E-state index in [9.17, 15) is 9.59 Å². The molecule has 1 aliphatic heterocycles. The van der Waals surface area contributed by atoms with Gasteiger partial charge in [-0.25, -0.2) is 4.79 Å². The van der Waals surface area contributed by atoms with Crippen LogP contribution in [-0.2, 0) is 4.79 Å². The van der Waals surface area contributed by atoms with Gasteiger partial charge in [0.25, 0.3) is 0 Å². The maximum atomic E-state index is 12.0. The van der Waals surface area contributed by atoms with E-state index in [-0.39, 0.29) is 11.4 Å². The van der Waals surface area contributed by atoms with Crippen molar-refractivity contribution in [3.63, 3.8) is 0 Å². The summed E-state index contributed by atoms with van der Waals surface area (Å²) in [7, 11) is 0. The predicted octanol–water partition coefficient (Wildman–Crippen LogP) is 2.76. The lowest BCUT2D eigenvalue weighted by Crippen LogP contribution is -2.50. The van der Waals surface area contributed by atoms with Gasteiger partial charge in [0.15, 0.2) is 0 Å². The lowest BCUT2D eigenvalue weighted by molar-refractivity contribution is -0.121. The smallest absolute Gasteiger partial charge is 0.321 e. The minimum atomic E-state index is -0.417. The van der Waals surface area contributed by atoms with Crippen molar-refractivity contribution in [2.24, 2.45) is 11.3 Å². The monoisotopic (exact) mass is 311 g/mol. The van der Waals surface area contributed by atoms with Gasteiger partial charge in [0.2, 0.25) is 5.91 Å². The molecule has 1 fully saturated rings. The summed E-state index contributed by atoms with van der Waals surface area (Å²) in [6.07, 6.45) is 3.44. The Labute approximate surface area is 135 Å². The average Bonchev–Trinajstić information content (AvgIpc) is 2.50. The van der Waals surface area contributed by atoms with Gasteiger partial charge in [-0.2, -0.15) is 0 Å². The molecule has 1 atom stereocenters. The second-order valence-corrected chi connectivity index (χ2v) is 8.52. The van der Waals surface area contributed by atoms with Crippen molar-refractivity contribution in [1.29, 1.82) is 0 Å². The normalized spacial score (nSPS) is 21.1. The molecule has 1 rings (SSSR count). The van der Waals surface area contributed by atoms with Crippen LogP contribution in [0.1, 0.15) is 60.8 Å². The highest BCUT2D eigenvalue weighted by atomic mass is 16.2. The van der Waals surface area contributed by atoms with E-state index < -0.39 is 6.03 Å². The van der Waals surface area contributed by atoms with Gasteiger partial charge in [-0.05, 0) is 64.5 Å². The topological polar surface area (TPSA) is 61.4 Å². The van der Waals surface area contributed by atoms with E-state index in [1.54, 1.807) is 0 Å². The van der Waals surface area contributed by atoms with Crippen LogP contribution in [0, 0.1) is 11.3 Å². The van der Waals surface area contributed by atoms with Crippen molar-refractivity contribution >= 4 is 11.9 Å². The lowest BCUT2D eigenvalue weighted by atomic mass is 9.77. The maximum absolute atomic E-state index is 12.0. The zero-order valence-corrected chi connectivity index (χ0v) is 15.1. The maximum Gasteiger partial charge on any atom is 0.321 e. The average molecular weight is 311 g/mol. The fourth-order valence-electron chi connectivity index (χ4n) is 2.92. The Balaban J connectivity index is 2.41. The van der Waals surface area contributed by atoms with E-state index in [4.69, 9.17) is 0 Å². The van der Waals surface area contributed by atoms with E-state index in [1.165, 1.54) is 6.42 Å². The molecule has 22 heavy (non-hydrogen) atoms. The molecule has 0 aromatic carbocycles. The van der Waals surface area contributed by atoms with Gasteiger partial charge in [0, 0.05) is 5.54 Å². The third-order valence-electron chi connectivity index (χ3n) is 4.15. The summed E-state index contributed by atoms with van der Waals surface area (Å²) >= 11 is 0. The lowest BCUT2D eigenvalue weighted by Gasteiger charge is -2.29. The molecule has 1 aliphatic rings. The van der Waals surface area contributed by atoms with Gasteiger partial charge in [0.1, 0.15) is 0 Å². The minimum Gasteiger partial charge on any atom is -0.333 e. The molecule has 128 valence electrons. The number of rotatable bonds is 2. The number of nitrogens with zero attached hydrogens (tertiary/aromatic N) is 1. The summed E-state index contributed by atoms with van der Waals surface area (Å²) in [4.78, 5) is 25.8. The Morgan fingerprint density at radius 3 is 2.23 bits per heavy atom. The molecule has 5 nitrogen and oxygen atoms in total. The number of hydrogen-bond donors (Lipinski definition) is 2. The first-order valence-electron chi connectivity index (χ1n) is 8.32. The summed E-state index contributed by atoms with van der Waals surface area (Å²) in [6.45, 7) is 14.7. The standard InChI is InChI=1S/C17H33N3O2/c1-16(2,3)13-8-7-10-20(11-9-13)12-14(21)18-15(22)19-17(4,5)6/h13H,7-12H2,1-6H3,(H2,18,19,21,22). The fraction of sp³-hybridized carbons (Fsp3) is 0.882. The number of carbonyl (C=O) groups excluding carboxylic acids is 2. The molecule has 1 heterocycles. The summed E-state index contributed by atoms with van der Waals surface area (Å²) in [5.74, 6) is 0.473. The third-order valence-corrected chi connectivity index (χ3v) is 4.15. The molecule has 0 aromatic heterocycles. The largest absolute Gasteiger partial charge is 0.333 e. The van der Waals surface area contributed by atoms with Crippen molar-refractivity contribution < 1.29 is 9.59 Å². The highest BCUT2D eigenvalue weighted by Gasteiger charge is 2.27. The first-order valence-corrected chi connectivity index (χ1v) is 8.32. The quantitative estimate of drug-likeness (QED) is 0.824. The van der Waals surface area contributed by atoms with Gasteiger partial charge in [0.05, 0.1) is 6.54 Å². The number of nitrogens with one attached hydrogen (secondary N) is 2. The van der Waals surface area contributed by atoms with E-state index in [0.29, 0.717) is 17.9 Å². The van der Waals surface area contributed by atoms with Crippen LogP contribution in [0.15, 0.2) is 0 Å². The summed E-state index contributed by atoms with van der Waals surface area (Å²) < 4.78 is 0. The van der Waals surface area contributed by atoms with Crippen LogP contribution in [0.3, 0.4) is 0 Å². The van der Waals surface area contributed by atoms with Crippen LogP contribution in [-0.4, -0.2) is 42.0 Å². The number of carbonyl (C=O) groups is 2. The van der Waals surface area contributed by atoms with Crippen LogP contribution < -0.4 is 10.6 Å². The van der Waals surface area contributed by atoms with Crippen molar-refractivity contribution in [3.05, 3.63) is 0 Å². The molecule has 1 unspecified atom stereocenters. The summed E-state index contributed by atoms with van der Waals surface area (Å²) in [6, 6.07) is -0.417. The number of urea groups is 1. The number of hydrogen-bond acceptors (Lipinski definition) is 3. The van der Waals surface area contributed by atoms with Crippen molar-refractivity contribution in [1.82, 2.24) is 15.5 Å². The molecule has 0 aliphatic carbocycles. The SMILES string of the molecule is CC(C)(C)NC(=O)NC(=O)CN1CCCC(C(C)(C)C)CC1. The number of imide groups is 1. The number of amides is 3.